The van der Waals surface area contributed by atoms with Crippen LogP contribution in [0.3, 0.4) is 0 Å². The Hall–Kier alpha value is -2.63. The Labute approximate surface area is 118 Å². The summed E-state index contributed by atoms with van der Waals surface area (Å²) in [6.07, 6.45) is 5.95. The first kappa shape index (κ1) is 19.7. The van der Waals surface area contributed by atoms with Gasteiger partial charge in [0.05, 0.1) is 6.26 Å². The van der Waals surface area contributed by atoms with E-state index >= 15 is 0 Å². The number of hydrogen-bond donors (Lipinski definition) is 0. The predicted molar refractivity (Wildman–Crippen MR) is 73.4 cm³/mol. The van der Waals surface area contributed by atoms with Crippen LogP contribution >= 0.6 is 0 Å². The van der Waals surface area contributed by atoms with E-state index in [1.807, 2.05) is 0 Å². The van der Waals surface area contributed by atoms with Gasteiger partial charge in [0.15, 0.2) is 0 Å². The number of carbonyl (C=O) groups is 3. The maximum absolute atomic E-state index is 10.8. The first-order valence-corrected chi connectivity index (χ1v) is 5.49. The molecule has 0 fully saturated rings. The highest BCUT2D eigenvalue weighted by Gasteiger charge is 1.98. The van der Waals surface area contributed by atoms with Crippen molar-refractivity contribution in [2.45, 2.75) is 6.92 Å². The van der Waals surface area contributed by atoms with Crippen molar-refractivity contribution in [1.82, 2.24) is 0 Å². The number of rotatable bonds is 7. The summed E-state index contributed by atoms with van der Waals surface area (Å²) in [6.45, 7) is 11.4. The third-order valence-corrected chi connectivity index (χ3v) is 1.29. The first-order valence-electron chi connectivity index (χ1n) is 5.49. The van der Waals surface area contributed by atoms with Gasteiger partial charge in [0.2, 0.25) is 0 Å². The van der Waals surface area contributed by atoms with E-state index in [4.69, 9.17) is 0 Å². The fourth-order valence-corrected chi connectivity index (χ4v) is 0.632. The van der Waals surface area contributed by atoms with Gasteiger partial charge in [0.25, 0.3) is 0 Å². The molecule has 0 aromatic rings. The Kier molecular flexibility index (Phi) is 14.2. The van der Waals surface area contributed by atoms with Crippen molar-refractivity contribution in [2.75, 3.05) is 13.2 Å². The molecule has 0 aliphatic heterocycles. The van der Waals surface area contributed by atoms with Crippen molar-refractivity contribution in [3.05, 3.63) is 50.3 Å². The van der Waals surface area contributed by atoms with Gasteiger partial charge in [0.1, 0.15) is 13.2 Å². The third-order valence-electron chi connectivity index (χ3n) is 1.29. The van der Waals surface area contributed by atoms with Crippen molar-refractivity contribution in [3.63, 3.8) is 0 Å². The lowest BCUT2D eigenvalue weighted by molar-refractivity contribution is -0.139. The summed E-state index contributed by atoms with van der Waals surface area (Å²) in [4.78, 5) is 31.3. The average Bonchev–Trinajstić information content (AvgIpc) is 2.41. The van der Waals surface area contributed by atoms with E-state index in [-0.39, 0.29) is 19.2 Å². The maximum Gasteiger partial charge on any atom is 0.331 e. The Morgan fingerprint density at radius 2 is 1.30 bits per heavy atom. The standard InChI is InChI=1S/C10H12O4.C4H6O2/c1-3-7-13-9(11)5-6-10(12)14-8-4-2;1-3-6-4(2)5/h3-6H,1-2,7-8H2;3H,1H2,2H3/b6-5-;. The molecule has 0 bridgehead atoms. The van der Waals surface area contributed by atoms with Gasteiger partial charge < -0.3 is 14.2 Å². The smallest absolute Gasteiger partial charge is 0.331 e. The van der Waals surface area contributed by atoms with Crippen LogP contribution < -0.4 is 0 Å². The molecule has 0 aliphatic carbocycles. The Morgan fingerprint density at radius 1 is 0.900 bits per heavy atom. The third kappa shape index (κ3) is 17.8. The molecule has 6 heteroatoms. The monoisotopic (exact) mass is 282 g/mol. The van der Waals surface area contributed by atoms with E-state index in [1.165, 1.54) is 19.1 Å². The maximum atomic E-state index is 10.8. The fourth-order valence-electron chi connectivity index (χ4n) is 0.632. The predicted octanol–water partition coefficient (Wildman–Crippen LogP) is 1.69. The molecule has 0 saturated heterocycles. The van der Waals surface area contributed by atoms with Crippen LogP contribution in [0, 0.1) is 0 Å². The highest BCUT2D eigenvalue weighted by Crippen LogP contribution is 1.86. The molecule has 0 aromatic heterocycles. The molecule has 0 aliphatic rings. The lowest BCUT2D eigenvalue weighted by Gasteiger charge is -1.96. The van der Waals surface area contributed by atoms with Crippen LogP contribution in [0.4, 0.5) is 0 Å². The molecule has 6 nitrogen and oxygen atoms in total. The van der Waals surface area contributed by atoms with Crippen LogP contribution in [-0.4, -0.2) is 31.1 Å². The molecule has 0 spiro atoms. The highest BCUT2D eigenvalue weighted by molar-refractivity contribution is 5.91. The first-order chi connectivity index (χ1) is 9.47. The second-order valence-electron chi connectivity index (χ2n) is 2.95. The number of ether oxygens (including phenoxy) is 3. The van der Waals surface area contributed by atoms with E-state index in [0.717, 1.165) is 18.4 Å². The van der Waals surface area contributed by atoms with Gasteiger partial charge in [-0.3, -0.25) is 4.79 Å². The molecule has 0 aromatic carbocycles. The minimum atomic E-state index is -0.611. The number of carbonyl (C=O) groups excluding carboxylic acids is 3. The Morgan fingerprint density at radius 3 is 1.50 bits per heavy atom. The van der Waals surface area contributed by atoms with E-state index in [9.17, 15) is 14.4 Å². The molecular formula is C14H18O6. The zero-order valence-electron chi connectivity index (χ0n) is 11.4. The lowest BCUT2D eigenvalue weighted by Crippen LogP contribution is -2.04. The van der Waals surface area contributed by atoms with E-state index < -0.39 is 11.9 Å². The van der Waals surface area contributed by atoms with Crippen molar-refractivity contribution < 1.29 is 28.6 Å². The summed E-state index contributed by atoms with van der Waals surface area (Å²) in [6, 6.07) is 0. The van der Waals surface area contributed by atoms with Crippen LogP contribution in [0.1, 0.15) is 6.92 Å². The lowest BCUT2D eigenvalue weighted by atomic mass is 10.5. The van der Waals surface area contributed by atoms with Gasteiger partial charge in [0, 0.05) is 19.1 Å². The second kappa shape index (κ2) is 14.4. The largest absolute Gasteiger partial charge is 0.458 e. The van der Waals surface area contributed by atoms with Gasteiger partial charge in [-0.25, -0.2) is 9.59 Å². The van der Waals surface area contributed by atoms with Crippen LogP contribution in [0.5, 0.6) is 0 Å². The summed E-state index contributed by atoms with van der Waals surface area (Å²) in [5.41, 5.74) is 0. The molecule has 0 amide bonds. The molecule has 0 rings (SSSR count). The zero-order chi connectivity index (χ0) is 15.8. The van der Waals surface area contributed by atoms with Crippen molar-refractivity contribution in [3.8, 4) is 0 Å². The fraction of sp³-hybridized carbons (Fsp3) is 0.214. The average molecular weight is 282 g/mol. The molecule has 110 valence electrons. The van der Waals surface area contributed by atoms with Crippen LogP contribution in [0.2, 0.25) is 0 Å². The van der Waals surface area contributed by atoms with Gasteiger partial charge in [-0.05, 0) is 0 Å². The zero-order valence-corrected chi connectivity index (χ0v) is 11.4. The van der Waals surface area contributed by atoms with Crippen molar-refractivity contribution >= 4 is 17.9 Å². The van der Waals surface area contributed by atoms with Crippen LogP contribution in [0.25, 0.3) is 0 Å². The van der Waals surface area contributed by atoms with Crippen LogP contribution in [-0.2, 0) is 28.6 Å². The van der Waals surface area contributed by atoms with E-state index in [2.05, 4.69) is 33.9 Å². The van der Waals surface area contributed by atoms with Gasteiger partial charge in [-0.1, -0.05) is 31.9 Å². The van der Waals surface area contributed by atoms with Gasteiger partial charge in [-0.15, -0.1) is 0 Å². The minimum absolute atomic E-state index is 0.116. The SMILES string of the molecule is C=CCOC(=O)/C=C\C(=O)OCC=C.C=COC(C)=O. The second-order valence-corrected chi connectivity index (χ2v) is 2.95. The summed E-state index contributed by atoms with van der Waals surface area (Å²) in [5.74, 6) is -1.55. The molecule has 0 N–H and O–H groups in total. The van der Waals surface area contributed by atoms with Gasteiger partial charge >= 0.3 is 17.9 Å². The summed E-state index contributed by atoms with van der Waals surface area (Å²) in [5, 5.41) is 0. The quantitative estimate of drug-likeness (QED) is 0.232. The molecule has 0 atom stereocenters. The molecule has 0 radical (unpaired) electrons. The summed E-state index contributed by atoms with van der Waals surface area (Å²) < 4.78 is 13.3. The Bertz CT molecular complexity index is 355. The topological polar surface area (TPSA) is 78.9 Å². The van der Waals surface area contributed by atoms with Crippen molar-refractivity contribution in [1.29, 1.82) is 0 Å². The van der Waals surface area contributed by atoms with E-state index in [0.29, 0.717) is 0 Å². The number of esters is 3. The van der Waals surface area contributed by atoms with Crippen molar-refractivity contribution in [2.24, 2.45) is 0 Å². The molecule has 0 saturated carbocycles. The molecular weight excluding hydrogens is 264 g/mol. The van der Waals surface area contributed by atoms with Gasteiger partial charge in [-0.2, -0.15) is 0 Å². The van der Waals surface area contributed by atoms with Crippen LogP contribution in [0.15, 0.2) is 50.3 Å². The normalized spacial score (nSPS) is 8.65. The summed E-state index contributed by atoms with van der Waals surface area (Å²) >= 11 is 0. The highest BCUT2D eigenvalue weighted by atomic mass is 16.5. The Balaban J connectivity index is 0. The molecule has 0 unspecified atom stereocenters. The minimum Gasteiger partial charge on any atom is -0.458 e. The molecule has 0 heterocycles. The molecule has 20 heavy (non-hydrogen) atoms. The number of hydrogen-bond acceptors (Lipinski definition) is 6. The van der Waals surface area contributed by atoms with E-state index in [1.54, 1.807) is 0 Å². The summed E-state index contributed by atoms with van der Waals surface area (Å²) in [7, 11) is 0.